The van der Waals surface area contributed by atoms with Gasteiger partial charge in [-0.15, -0.1) is 11.3 Å². The molecule has 4 aliphatic carbocycles. The number of hydrogen-bond donors (Lipinski definition) is 2. The van der Waals surface area contributed by atoms with Crippen LogP contribution in [-0.4, -0.2) is 57.9 Å². The Hall–Kier alpha value is -3.40. The van der Waals surface area contributed by atoms with E-state index in [9.17, 15) is 28.6 Å². The van der Waals surface area contributed by atoms with Crippen molar-refractivity contribution in [2.75, 3.05) is 13.1 Å². The molecule has 2 saturated carbocycles. The summed E-state index contributed by atoms with van der Waals surface area (Å²) in [5, 5.41) is 26.1. The number of amides is 1. The minimum atomic E-state index is -1.33. The summed E-state index contributed by atoms with van der Waals surface area (Å²) >= 11 is 1.64. The molecule has 4 aliphatic rings. The molecule has 7 rings (SSSR count). The van der Waals surface area contributed by atoms with E-state index in [1.165, 1.54) is 11.6 Å². The van der Waals surface area contributed by atoms with E-state index in [4.69, 9.17) is 4.74 Å². The van der Waals surface area contributed by atoms with Crippen LogP contribution in [0.2, 0.25) is 0 Å². The first-order valence-electron chi connectivity index (χ1n) is 20.3. The van der Waals surface area contributed by atoms with E-state index in [1.54, 1.807) is 22.3 Å². The van der Waals surface area contributed by atoms with E-state index in [2.05, 4.69) is 46.8 Å². The molecule has 1 heterocycles. The number of nitrogens with zero attached hydrogens (tertiary/aromatic N) is 1. The zero-order valence-corrected chi connectivity index (χ0v) is 34.0. The number of aliphatic hydroxyl groups is 2. The van der Waals surface area contributed by atoms with E-state index < -0.39 is 40.6 Å². The summed E-state index contributed by atoms with van der Waals surface area (Å²) in [6, 6.07) is 12.9. The quantitative estimate of drug-likeness (QED) is 0.167. The molecule has 7 atom stereocenters. The summed E-state index contributed by atoms with van der Waals surface area (Å²) in [5.74, 6) is -1.74. The molecule has 0 saturated heterocycles. The normalized spacial score (nSPS) is 28.7. The van der Waals surface area contributed by atoms with Crippen LogP contribution in [0.3, 0.4) is 0 Å². The molecule has 2 fully saturated rings. The van der Waals surface area contributed by atoms with Crippen molar-refractivity contribution >= 4 is 23.2 Å². The molecule has 298 valence electrons. The van der Waals surface area contributed by atoms with Gasteiger partial charge < -0.3 is 19.8 Å². The number of allylic oxidation sites excluding steroid dienone is 2. The average Bonchev–Trinajstić information content (AvgIpc) is 3.75. The second-order valence-corrected chi connectivity index (χ2v) is 18.4. The van der Waals surface area contributed by atoms with E-state index in [1.807, 2.05) is 23.6 Å². The van der Waals surface area contributed by atoms with E-state index in [-0.39, 0.29) is 30.0 Å². The van der Waals surface area contributed by atoms with Crippen LogP contribution in [0.4, 0.5) is 13.6 Å². The largest absolute Gasteiger partial charge is 0.446 e. The summed E-state index contributed by atoms with van der Waals surface area (Å²) in [4.78, 5) is 31.6. The third kappa shape index (κ3) is 9.26. The summed E-state index contributed by atoms with van der Waals surface area (Å²) in [6.45, 7) is 11.3. The van der Waals surface area contributed by atoms with Crippen molar-refractivity contribution in [2.24, 2.45) is 23.2 Å². The number of benzene rings is 2. The van der Waals surface area contributed by atoms with Gasteiger partial charge in [0.2, 0.25) is 0 Å². The first-order valence-corrected chi connectivity index (χ1v) is 21.2. The van der Waals surface area contributed by atoms with Gasteiger partial charge in [0.05, 0.1) is 18.2 Å². The Morgan fingerprint density at radius 1 is 1.04 bits per heavy atom. The highest BCUT2D eigenvalue weighted by Gasteiger charge is 2.58. The van der Waals surface area contributed by atoms with Crippen molar-refractivity contribution in [3.8, 4) is 0 Å². The third-order valence-corrected chi connectivity index (χ3v) is 14.2. The fourth-order valence-corrected chi connectivity index (χ4v) is 10.4. The van der Waals surface area contributed by atoms with Crippen LogP contribution >= 0.6 is 11.3 Å². The molecule has 9 heteroatoms. The van der Waals surface area contributed by atoms with E-state index >= 15 is 0 Å². The molecule has 3 aromatic rings. The van der Waals surface area contributed by atoms with Gasteiger partial charge in [-0.25, -0.2) is 13.6 Å². The SMILES string of the molecule is CC1=CCCC2(C)C(CCC2(O)CN(CCc2cccs2)C(=O)OC2CC(C)CCC2C(C)C)c2ccc(cc2C(=O)c2ccc(F)c(F)c2)CC(O)CC1. The molecule has 2 N–H and O–H groups in total. The van der Waals surface area contributed by atoms with Gasteiger partial charge in [0, 0.05) is 28.0 Å². The Balaban J connectivity index is 1.39. The lowest BCUT2D eigenvalue weighted by molar-refractivity contribution is -0.0861. The van der Waals surface area contributed by atoms with Gasteiger partial charge in [-0.1, -0.05) is 64.0 Å². The van der Waals surface area contributed by atoms with Crippen LogP contribution in [0, 0.1) is 34.8 Å². The summed E-state index contributed by atoms with van der Waals surface area (Å²) in [5.41, 5.74) is 0.941. The number of aliphatic hydroxyl groups excluding tert-OH is 1. The third-order valence-electron chi connectivity index (χ3n) is 13.2. The lowest BCUT2D eigenvalue weighted by Gasteiger charge is -2.46. The number of fused-ring (bicyclic) bond motifs is 8. The molecular weight excluding hydrogens is 717 g/mol. The van der Waals surface area contributed by atoms with Gasteiger partial charge >= 0.3 is 6.09 Å². The smallest absolute Gasteiger partial charge is 0.410 e. The van der Waals surface area contributed by atoms with Crippen molar-refractivity contribution in [1.29, 1.82) is 0 Å². The number of carbonyl (C=O) groups excluding carboxylic acids is 2. The van der Waals surface area contributed by atoms with Gasteiger partial charge in [0.25, 0.3) is 0 Å². The highest BCUT2D eigenvalue weighted by Crippen LogP contribution is 2.59. The van der Waals surface area contributed by atoms with Crippen molar-refractivity contribution in [3.63, 3.8) is 0 Å². The van der Waals surface area contributed by atoms with Gasteiger partial charge in [-0.2, -0.15) is 0 Å². The Kier molecular flexibility index (Phi) is 13.0. The molecule has 2 aromatic carbocycles. The topological polar surface area (TPSA) is 87.1 Å². The Morgan fingerprint density at radius 3 is 2.56 bits per heavy atom. The first kappa shape index (κ1) is 41.2. The summed E-state index contributed by atoms with van der Waals surface area (Å²) < 4.78 is 34.9. The summed E-state index contributed by atoms with van der Waals surface area (Å²) in [7, 11) is 0. The maximum Gasteiger partial charge on any atom is 0.410 e. The minimum absolute atomic E-state index is 0.0340. The Morgan fingerprint density at radius 2 is 1.84 bits per heavy atom. The fraction of sp³-hybridized carbons (Fsp3) is 0.565. The predicted molar refractivity (Wildman–Crippen MR) is 214 cm³/mol. The molecule has 1 aromatic heterocycles. The van der Waals surface area contributed by atoms with Gasteiger partial charge in [0.1, 0.15) is 6.10 Å². The molecule has 2 bridgehead atoms. The van der Waals surface area contributed by atoms with E-state index in [0.29, 0.717) is 75.3 Å². The van der Waals surface area contributed by atoms with Crippen LogP contribution in [0.1, 0.15) is 130 Å². The highest BCUT2D eigenvalue weighted by atomic mass is 32.1. The predicted octanol–water partition coefficient (Wildman–Crippen LogP) is 10.4. The summed E-state index contributed by atoms with van der Waals surface area (Å²) in [6.07, 6.45) is 8.40. The number of hydrogen-bond acceptors (Lipinski definition) is 6. The van der Waals surface area contributed by atoms with Crippen molar-refractivity contribution < 1.29 is 33.3 Å². The Bertz CT molecular complexity index is 1840. The van der Waals surface area contributed by atoms with Gasteiger partial charge in [0.15, 0.2) is 17.4 Å². The monoisotopic (exact) mass is 775 g/mol. The van der Waals surface area contributed by atoms with Crippen LogP contribution in [0.25, 0.3) is 0 Å². The Labute approximate surface area is 330 Å². The molecule has 0 aliphatic heterocycles. The molecule has 1 amide bonds. The van der Waals surface area contributed by atoms with Crippen molar-refractivity contribution in [1.82, 2.24) is 4.90 Å². The number of thiophene rings is 1. The number of halogens is 2. The zero-order valence-electron chi connectivity index (χ0n) is 33.2. The van der Waals surface area contributed by atoms with Crippen LogP contribution < -0.4 is 0 Å². The lowest BCUT2D eigenvalue weighted by Crippen LogP contribution is -2.54. The van der Waals surface area contributed by atoms with Crippen LogP contribution in [0.5, 0.6) is 0 Å². The van der Waals surface area contributed by atoms with Crippen LogP contribution in [0.15, 0.2) is 65.6 Å². The first-order chi connectivity index (χ1) is 26.2. The molecule has 55 heavy (non-hydrogen) atoms. The number of carbonyl (C=O) groups is 2. The molecule has 0 spiro atoms. The van der Waals surface area contributed by atoms with Crippen molar-refractivity contribution in [3.05, 3.63) is 104 Å². The zero-order chi connectivity index (χ0) is 39.5. The molecule has 6 nitrogen and oxygen atoms in total. The molecular formula is C46H59F2NO5S. The standard InChI is InChI=1S/C46H59F2NO5S/c1-29(2)36-15-11-31(4)24-42(36)54-44(52)49(22-19-35-9-7-23-55-35)28-46(53)21-18-39-37-16-12-32(25-34(50)14-10-30(3)8-6-20-45(39,46)5)26-38(37)43(51)33-13-17-40(47)41(48)27-33/h7-9,12-13,16-17,23,26-27,29,31,34,36,39,42,50,53H,6,10-11,14-15,18-22,24-25,28H2,1-5H3. The second-order valence-electron chi connectivity index (χ2n) is 17.4. The maximum atomic E-state index is 14.5. The average molecular weight is 776 g/mol. The molecule has 7 unspecified atom stereocenters. The maximum absolute atomic E-state index is 14.5. The van der Waals surface area contributed by atoms with E-state index in [0.717, 1.165) is 47.4 Å². The fourth-order valence-electron chi connectivity index (χ4n) is 9.69. The molecule has 0 radical (unpaired) electrons. The number of rotatable bonds is 9. The van der Waals surface area contributed by atoms with Gasteiger partial charge in [-0.05, 0) is 142 Å². The minimum Gasteiger partial charge on any atom is -0.446 e. The number of ketones is 1. The van der Waals surface area contributed by atoms with Gasteiger partial charge in [-0.3, -0.25) is 4.79 Å². The van der Waals surface area contributed by atoms with Crippen molar-refractivity contribution in [2.45, 2.75) is 129 Å². The lowest BCUT2D eigenvalue weighted by atomic mass is 9.64. The second kappa shape index (κ2) is 17.4. The number of ether oxygens (including phenoxy) is 1. The van der Waals surface area contributed by atoms with Crippen LogP contribution in [-0.2, 0) is 17.6 Å². The highest BCUT2D eigenvalue weighted by molar-refractivity contribution is 7.09.